The first-order valence-corrected chi connectivity index (χ1v) is 8.93. The van der Waals surface area contributed by atoms with E-state index in [2.05, 4.69) is 24.5 Å². The van der Waals surface area contributed by atoms with Gasteiger partial charge in [-0.05, 0) is 30.0 Å². The number of benzene rings is 1. The van der Waals surface area contributed by atoms with Crippen LogP contribution in [0.1, 0.15) is 31.7 Å². The van der Waals surface area contributed by atoms with E-state index in [4.69, 9.17) is 4.74 Å². The summed E-state index contributed by atoms with van der Waals surface area (Å²) in [6.45, 7) is 7.42. The average Bonchev–Trinajstić information content (AvgIpc) is 2.99. The monoisotopic (exact) mass is 347 g/mol. The van der Waals surface area contributed by atoms with Gasteiger partial charge in [0.15, 0.2) is 0 Å². The quantitative estimate of drug-likeness (QED) is 0.525. The van der Waals surface area contributed by atoms with Crippen LogP contribution in [0.5, 0.6) is 0 Å². The number of nitrogens with zero attached hydrogens (tertiary/aromatic N) is 1. The molecule has 0 aliphatic carbocycles. The van der Waals surface area contributed by atoms with Crippen LogP contribution < -0.4 is 15.5 Å². The largest absolute Gasteiger partial charge is 0.383 e. The lowest BCUT2D eigenvalue weighted by atomic mass is 10.0. The maximum Gasteiger partial charge on any atom is 0.239 e. The van der Waals surface area contributed by atoms with Crippen molar-refractivity contribution >= 4 is 17.5 Å². The number of rotatable bonds is 9. The van der Waals surface area contributed by atoms with Crippen LogP contribution in [0.4, 0.5) is 5.69 Å². The minimum absolute atomic E-state index is 0.109. The topological polar surface area (TPSA) is 70.7 Å². The molecule has 0 bridgehead atoms. The molecule has 1 unspecified atom stereocenters. The van der Waals surface area contributed by atoms with Crippen molar-refractivity contribution in [2.45, 2.75) is 26.2 Å². The smallest absolute Gasteiger partial charge is 0.239 e. The molecule has 2 rings (SSSR count). The third kappa shape index (κ3) is 5.28. The molecule has 25 heavy (non-hydrogen) atoms. The van der Waals surface area contributed by atoms with Crippen LogP contribution in [0.3, 0.4) is 0 Å². The van der Waals surface area contributed by atoms with Crippen molar-refractivity contribution in [1.82, 2.24) is 10.6 Å². The molecule has 1 aromatic rings. The highest BCUT2D eigenvalue weighted by atomic mass is 16.5. The fraction of sp³-hybridized carbons (Fsp3) is 0.579. The highest BCUT2D eigenvalue weighted by Crippen LogP contribution is 2.27. The van der Waals surface area contributed by atoms with Gasteiger partial charge in [-0.2, -0.15) is 0 Å². The van der Waals surface area contributed by atoms with Crippen molar-refractivity contribution in [2.75, 3.05) is 44.8 Å². The number of anilines is 1. The van der Waals surface area contributed by atoms with E-state index in [-0.39, 0.29) is 11.8 Å². The Morgan fingerprint density at radius 3 is 2.60 bits per heavy atom. The van der Waals surface area contributed by atoms with Crippen molar-refractivity contribution in [3.8, 4) is 0 Å². The Kier molecular flexibility index (Phi) is 7.40. The van der Waals surface area contributed by atoms with E-state index < -0.39 is 5.92 Å². The lowest BCUT2D eigenvalue weighted by Gasteiger charge is -2.18. The minimum atomic E-state index is -0.580. The van der Waals surface area contributed by atoms with Gasteiger partial charge in [0, 0.05) is 39.0 Å². The van der Waals surface area contributed by atoms with Crippen LogP contribution in [0.2, 0.25) is 0 Å². The van der Waals surface area contributed by atoms with Gasteiger partial charge in [0.25, 0.3) is 0 Å². The number of carbonyl (C=O) groups excluding carboxylic acids is 2. The Morgan fingerprint density at radius 2 is 1.96 bits per heavy atom. The van der Waals surface area contributed by atoms with Gasteiger partial charge in [-0.3, -0.25) is 9.59 Å². The number of carbonyl (C=O) groups is 2. The highest BCUT2D eigenvalue weighted by molar-refractivity contribution is 6.09. The van der Waals surface area contributed by atoms with Crippen molar-refractivity contribution in [3.63, 3.8) is 0 Å². The van der Waals surface area contributed by atoms with Gasteiger partial charge in [0.1, 0.15) is 5.92 Å². The molecule has 0 aromatic heterocycles. The zero-order chi connectivity index (χ0) is 18.2. The van der Waals surface area contributed by atoms with E-state index in [1.54, 1.807) is 12.0 Å². The maximum absolute atomic E-state index is 12.6. The number of nitrogens with one attached hydrogen (secondary N) is 2. The van der Waals surface area contributed by atoms with E-state index in [1.807, 2.05) is 24.3 Å². The number of amides is 2. The maximum atomic E-state index is 12.6. The standard InChI is InChI=1S/C19H29N3O3/c1-14(2)15-4-6-16(7-5-15)22-12-8-17(19(22)24)18(23)21-10-9-20-11-13-25-3/h4-7,14,17,20H,8-13H2,1-3H3,(H,21,23). The molecular weight excluding hydrogens is 318 g/mol. The summed E-state index contributed by atoms with van der Waals surface area (Å²) in [5.74, 6) is -0.412. The van der Waals surface area contributed by atoms with Gasteiger partial charge < -0.3 is 20.3 Å². The minimum Gasteiger partial charge on any atom is -0.383 e. The van der Waals surface area contributed by atoms with Gasteiger partial charge in [-0.15, -0.1) is 0 Å². The van der Waals surface area contributed by atoms with E-state index in [1.165, 1.54) is 5.56 Å². The Hall–Kier alpha value is -1.92. The summed E-state index contributed by atoms with van der Waals surface area (Å²) < 4.78 is 4.94. The van der Waals surface area contributed by atoms with Gasteiger partial charge in [0.05, 0.1) is 6.61 Å². The van der Waals surface area contributed by atoms with Gasteiger partial charge in [-0.25, -0.2) is 0 Å². The fourth-order valence-electron chi connectivity index (χ4n) is 2.92. The molecule has 2 amide bonds. The van der Waals surface area contributed by atoms with Gasteiger partial charge >= 0.3 is 0 Å². The lowest BCUT2D eigenvalue weighted by Crippen LogP contribution is -2.39. The summed E-state index contributed by atoms with van der Waals surface area (Å²) in [6, 6.07) is 8.03. The SMILES string of the molecule is COCCNCCNC(=O)C1CCN(c2ccc(C(C)C)cc2)C1=O. The van der Waals surface area contributed by atoms with E-state index in [9.17, 15) is 9.59 Å². The van der Waals surface area contributed by atoms with E-state index >= 15 is 0 Å². The van der Waals surface area contributed by atoms with E-state index in [0.29, 0.717) is 38.6 Å². The molecule has 0 saturated carbocycles. The Balaban J connectivity index is 1.83. The Labute approximate surface area is 149 Å². The molecular formula is C19H29N3O3. The molecule has 2 N–H and O–H groups in total. The van der Waals surface area contributed by atoms with Crippen LogP contribution in [0, 0.1) is 5.92 Å². The van der Waals surface area contributed by atoms with Crippen molar-refractivity contribution in [1.29, 1.82) is 0 Å². The van der Waals surface area contributed by atoms with Crippen LogP contribution in [0.15, 0.2) is 24.3 Å². The summed E-state index contributed by atoms with van der Waals surface area (Å²) in [6.07, 6.45) is 0.563. The first kappa shape index (κ1) is 19.4. The van der Waals surface area contributed by atoms with Crippen molar-refractivity contribution in [3.05, 3.63) is 29.8 Å². The Bertz CT molecular complexity index is 572. The fourth-order valence-corrected chi connectivity index (χ4v) is 2.92. The van der Waals surface area contributed by atoms with Crippen LogP contribution in [-0.2, 0) is 14.3 Å². The average molecular weight is 347 g/mol. The number of ether oxygens (including phenoxy) is 1. The second kappa shape index (κ2) is 9.53. The summed E-state index contributed by atoms with van der Waals surface area (Å²) >= 11 is 0. The zero-order valence-corrected chi connectivity index (χ0v) is 15.4. The second-order valence-corrected chi connectivity index (χ2v) is 6.61. The first-order chi connectivity index (χ1) is 12.0. The molecule has 1 saturated heterocycles. The molecule has 6 nitrogen and oxygen atoms in total. The van der Waals surface area contributed by atoms with E-state index in [0.717, 1.165) is 12.2 Å². The molecule has 1 fully saturated rings. The second-order valence-electron chi connectivity index (χ2n) is 6.61. The predicted octanol–water partition coefficient (Wildman–Crippen LogP) is 1.52. The van der Waals surface area contributed by atoms with Crippen molar-refractivity contribution < 1.29 is 14.3 Å². The summed E-state index contributed by atoms with van der Waals surface area (Å²) in [5, 5.41) is 6.00. The van der Waals surface area contributed by atoms with Crippen LogP contribution >= 0.6 is 0 Å². The molecule has 1 aliphatic heterocycles. The molecule has 1 atom stereocenters. The summed E-state index contributed by atoms with van der Waals surface area (Å²) in [4.78, 5) is 26.5. The number of hydrogen-bond donors (Lipinski definition) is 2. The molecule has 1 aromatic carbocycles. The number of methoxy groups -OCH3 is 1. The molecule has 6 heteroatoms. The highest BCUT2D eigenvalue weighted by Gasteiger charge is 2.37. The molecule has 0 spiro atoms. The first-order valence-electron chi connectivity index (χ1n) is 8.93. The normalized spacial score (nSPS) is 17.4. The van der Waals surface area contributed by atoms with Crippen molar-refractivity contribution in [2.24, 2.45) is 5.92 Å². The third-order valence-electron chi connectivity index (χ3n) is 4.48. The summed E-state index contributed by atoms with van der Waals surface area (Å²) in [5.41, 5.74) is 2.11. The molecule has 1 heterocycles. The van der Waals surface area contributed by atoms with Crippen LogP contribution in [0.25, 0.3) is 0 Å². The predicted molar refractivity (Wildman–Crippen MR) is 98.7 cm³/mol. The lowest BCUT2D eigenvalue weighted by molar-refractivity contribution is -0.132. The Morgan fingerprint density at radius 1 is 1.24 bits per heavy atom. The van der Waals surface area contributed by atoms with Gasteiger partial charge in [0.2, 0.25) is 11.8 Å². The molecule has 138 valence electrons. The molecule has 1 aliphatic rings. The van der Waals surface area contributed by atoms with Crippen LogP contribution in [-0.4, -0.2) is 51.7 Å². The number of hydrogen-bond acceptors (Lipinski definition) is 4. The zero-order valence-electron chi connectivity index (χ0n) is 15.4. The third-order valence-corrected chi connectivity index (χ3v) is 4.48. The molecule has 0 radical (unpaired) electrons. The summed E-state index contributed by atoms with van der Waals surface area (Å²) in [7, 11) is 1.65. The van der Waals surface area contributed by atoms with Gasteiger partial charge in [-0.1, -0.05) is 26.0 Å².